The molecule has 14 heavy (non-hydrogen) atoms. The summed E-state index contributed by atoms with van der Waals surface area (Å²) >= 11 is 5.69. The third-order valence-electron chi connectivity index (χ3n) is 1.97. The lowest BCUT2D eigenvalue weighted by Crippen LogP contribution is -2.36. The Labute approximate surface area is 86.1 Å². The summed E-state index contributed by atoms with van der Waals surface area (Å²) in [7, 11) is 1.40. The van der Waals surface area contributed by atoms with Gasteiger partial charge in [-0.25, -0.2) is 5.84 Å². The number of aliphatic hydroxyl groups excluding tert-OH is 1. The molecule has 1 aliphatic rings. The summed E-state index contributed by atoms with van der Waals surface area (Å²) < 4.78 is 4.88. The predicted octanol–water partition coefficient (Wildman–Crippen LogP) is 0.535. The predicted molar refractivity (Wildman–Crippen MR) is 51.0 cm³/mol. The minimum atomic E-state index is -0.502. The number of amides is 1. The van der Waals surface area contributed by atoms with Crippen molar-refractivity contribution < 1.29 is 14.6 Å². The highest BCUT2D eigenvalue weighted by atomic mass is 35.5. The Kier molecular flexibility index (Phi) is 3.38. The lowest BCUT2D eigenvalue weighted by atomic mass is 9.97. The van der Waals surface area contributed by atoms with Gasteiger partial charge in [-0.15, -0.1) is 0 Å². The first kappa shape index (κ1) is 10.9. The highest BCUT2D eigenvalue weighted by molar-refractivity contribution is 6.32. The van der Waals surface area contributed by atoms with E-state index in [1.165, 1.54) is 13.2 Å². The van der Waals surface area contributed by atoms with E-state index in [0.717, 1.165) is 0 Å². The lowest BCUT2D eigenvalue weighted by Gasteiger charge is -2.19. The standard InChI is InChI=1S/C8H11ClN2O3/c1-14-6-3-4(8(13)11-10)2-5(9)7(6)12/h2,4,12H,3,10H2,1H3,(H,11,13). The molecule has 0 aromatic carbocycles. The topological polar surface area (TPSA) is 84.6 Å². The van der Waals surface area contributed by atoms with E-state index in [2.05, 4.69) is 0 Å². The number of ether oxygens (including phenoxy) is 1. The molecule has 4 N–H and O–H groups in total. The Bertz CT molecular complexity index is 312. The van der Waals surface area contributed by atoms with Crippen LogP contribution in [0.5, 0.6) is 0 Å². The van der Waals surface area contributed by atoms with Crippen LogP contribution in [0.15, 0.2) is 22.6 Å². The van der Waals surface area contributed by atoms with Crippen LogP contribution in [0, 0.1) is 5.92 Å². The van der Waals surface area contributed by atoms with Crippen molar-refractivity contribution in [3.63, 3.8) is 0 Å². The number of carbonyl (C=O) groups excluding carboxylic acids is 1. The monoisotopic (exact) mass is 218 g/mol. The second-order valence-electron chi connectivity index (χ2n) is 2.81. The first-order valence-corrected chi connectivity index (χ1v) is 4.32. The quantitative estimate of drug-likeness (QED) is 0.359. The molecule has 78 valence electrons. The van der Waals surface area contributed by atoms with Crippen molar-refractivity contribution >= 4 is 17.5 Å². The number of allylic oxidation sites excluding steroid dienone is 2. The van der Waals surface area contributed by atoms with Crippen LogP contribution in [0.4, 0.5) is 0 Å². The van der Waals surface area contributed by atoms with Gasteiger partial charge in [0.15, 0.2) is 5.76 Å². The molecule has 1 rings (SSSR count). The normalized spacial score (nSPS) is 21.6. The van der Waals surface area contributed by atoms with E-state index < -0.39 is 5.92 Å². The lowest BCUT2D eigenvalue weighted by molar-refractivity contribution is -0.123. The van der Waals surface area contributed by atoms with Gasteiger partial charge < -0.3 is 9.84 Å². The first-order chi connectivity index (χ1) is 6.60. The zero-order valence-electron chi connectivity index (χ0n) is 7.58. The molecule has 0 radical (unpaired) electrons. The average Bonchev–Trinajstić information content (AvgIpc) is 2.20. The molecular formula is C8H11ClN2O3. The van der Waals surface area contributed by atoms with Gasteiger partial charge in [-0.2, -0.15) is 0 Å². The van der Waals surface area contributed by atoms with E-state index in [4.69, 9.17) is 22.2 Å². The van der Waals surface area contributed by atoms with E-state index in [-0.39, 0.29) is 28.9 Å². The number of hydrazine groups is 1. The van der Waals surface area contributed by atoms with Crippen LogP contribution in [0.3, 0.4) is 0 Å². The highest BCUT2D eigenvalue weighted by Crippen LogP contribution is 2.29. The number of nitrogens with one attached hydrogen (secondary N) is 1. The molecule has 0 saturated carbocycles. The fraction of sp³-hybridized carbons (Fsp3) is 0.375. The van der Waals surface area contributed by atoms with Crippen LogP contribution < -0.4 is 11.3 Å². The maximum absolute atomic E-state index is 11.2. The number of rotatable bonds is 2. The van der Waals surface area contributed by atoms with Crippen LogP contribution in [0.1, 0.15) is 6.42 Å². The molecule has 0 heterocycles. The molecule has 1 amide bonds. The van der Waals surface area contributed by atoms with Gasteiger partial charge in [0.05, 0.1) is 18.1 Å². The van der Waals surface area contributed by atoms with Crippen molar-refractivity contribution in [3.8, 4) is 0 Å². The minimum absolute atomic E-state index is 0.0988. The molecule has 0 saturated heterocycles. The Balaban J connectivity index is 2.89. The first-order valence-electron chi connectivity index (χ1n) is 3.94. The minimum Gasteiger partial charge on any atom is -0.503 e. The number of nitrogens with two attached hydrogens (primary N) is 1. The maximum Gasteiger partial charge on any atom is 0.241 e. The van der Waals surface area contributed by atoms with E-state index >= 15 is 0 Å². The zero-order valence-corrected chi connectivity index (χ0v) is 8.34. The van der Waals surface area contributed by atoms with Crippen molar-refractivity contribution in [1.82, 2.24) is 5.43 Å². The molecule has 0 bridgehead atoms. The van der Waals surface area contributed by atoms with Crippen molar-refractivity contribution in [3.05, 3.63) is 22.6 Å². The molecule has 0 aromatic heterocycles. The molecular weight excluding hydrogens is 208 g/mol. The van der Waals surface area contributed by atoms with Gasteiger partial charge in [-0.05, 0) is 6.08 Å². The Morgan fingerprint density at radius 2 is 2.50 bits per heavy atom. The van der Waals surface area contributed by atoms with Crippen LogP contribution in [0.2, 0.25) is 0 Å². The van der Waals surface area contributed by atoms with Gasteiger partial charge in [-0.3, -0.25) is 10.2 Å². The number of aliphatic hydroxyl groups is 1. The summed E-state index contributed by atoms with van der Waals surface area (Å²) in [5, 5.41) is 9.50. The molecule has 0 fully saturated rings. The number of hydrogen-bond acceptors (Lipinski definition) is 4. The van der Waals surface area contributed by atoms with Crippen molar-refractivity contribution in [2.45, 2.75) is 6.42 Å². The summed E-state index contributed by atoms with van der Waals surface area (Å²) in [6, 6.07) is 0. The van der Waals surface area contributed by atoms with Crippen LogP contribution in [0.25, 0.3) is 0 Å². The Morgan fingerprint density at radius 3 is 3.00 bits per heavy atom. The summed E-state index contributed by atoms with van der Waals surface area (Å²) in [6.07, 6.45) is 1.68. The third-order valence-corrected chi connectivity index (χ3v) is 2.27. The smallest absolute Gasteiger partial charge is 0.241 e. The number of hydrogen-bond donors (Lipinski definition) is 3. The summed E-state index contributed by atoms with van der Waals surface area (Å²) in [5.74, 6) is 4.26. The molecule has 0 aromatic rings. The molecule has 0 aliphatic heterocycles. The van der Waals surface area contributed by atoms with Gasteiger partial charge in [0, 0.05) is 6.42 Å². The second kappa shape index (κ2) is 4.34. The van der Waals surface area contributed by atoms with E-state index in [0.29, 0.717) is 0 Å². The van der Waals surface area contributed by atoms with Gasteiger partial charge in [0.1, 0.15) is 5.76 Å². The Hall–Kier alpha value is -1.20. The summed E-state index contributed by atoms with van der Waals surface area (Å²) in [4.78, 5) is 11.2. The van der Waals surface area contributed by atoms with Crippen molar-refractivity contribution in [2.24, 2.45) is 11.8 Å². The SMILES string of the molecule is COC1=C(O)C(Cl)=CC(C(=O)NN)C1. The third kappa shape index (κ3) is 2.00. The van der Waals surface area contributed by atoms with Gasteiger partial charge >= 0.3 is 0 Å². The van der Waals surface area contributed by atoms with Gasteiger partial charge in [0.25, 0.3) is 0 Å². The van der Waals surface area contributed by atoms with Gasteiger partial charge in [0.2, 0.25) is 5.91 Å². The van der Waals surface area contributed by atoms with Crippen LogP contribution in [-0.2, 0) is 9.53 Å². The maximum atomic E-state index is 11.2. The molecule has 6 heteroatoms. The largest absolute Gasteiger partial charge is 0.503 e. The van der Waals surface area contributed by atoms with Crippen LogP contribution in [-0.4, -0.2) is 18.1 Å². The summed E-state index contributed by atoms with van der Waals surface area (Å²) in [5.41, 5.74) is 2.01. The summed E-state index contributed by atoms with van der Waals surface area (Å²) in [6.45, 7) is 0. The van der Waals surface area contributed by atoms with Gasteiger partial charge in [-0.1, -0.05) is 11.6 Å². The van der Waals surface area contributed by atoms with E-state index in [1.54, 1.807) is 0 Å². The number of carbonyl (C=O) groups is 1. The molecule has 1 aliphatic carbocycles. The van der Waals surface area contributed by atoms with Crippen molar-refractivity contribution in [2.75, 3.05) is 7.11 Å². The molecule has 0 spiro atoms. The fourth-order valence-electron chi connectivity index (χ4n) is 1.20. The van der Waals surface area contributed by atoms with E-state index in [9.17, 15) is 9.90 Å². The van der Waals surface area contributed by atoms with E-state index in [1.807, 2.05) is 5.43 Å². The fourth-order valence-corrected chi connectivity index (χ4v) is 1.46. The number of halogens is 1. The number of methoxy groups -OCH3 is 1. The molecule has 1 atom stereocenters. The highest BCUT2D eigenvalue weighted by Gasteiger charge is 2.26. The molecule has 5 nitrogen and oxygen atoms in total. The second-order valence-corrected chi connectivity index (χ2v) is 3.22. The zero-order chi connectivity index (χ0) is 10.7. The Morgan fingerprint density at radius 1 is 1.86 bits per heavy atom. The molecule has 1 unspecified atom stereocenters. The van der Waals surface area contributed by atoms with Crippen molar-refractivity contribution in [1.29, 1.82) is 0 Å². The average molecular weight is 219 g/mol. The van der Waals surface area contributed by atoms with Crippen LogP contribution >= 0.6 is 11.6 Å².